The summed E-state index contributed by atoms with van der Waals surface area (Å²) >= 11 is 0. The minimum absolute atomic E-state index is 0.0428. The molecule has 3 rings (SSSR count). The number of rotatable bonds is 7. The third-order valence-corrected chi connectivity index (χ3v) is 3.76. The number of halogens is 1. The molecule has 1 aromatic heterocycles. The number of aromatic nitrogens is 2. The first kappa shape index (κ1) is 19.3. The van der Waals surface area contributed by atoms with Crippen molar-refractivity contribution in [2.45, 2.75) is 26.5 Å². The summed E-state index contributed by atoms with van der Waals surface area (Å²) in [5.41, 5.74) is 1.75. The Morgan fingerprint density at radius 3 is 2.50 bits per heavy atom. The second kappa shape index (κ2) is 8.94. The smallest absolute Gasteiger partial charge is 0.271 e. The molecule has 0 saturated heterocycles. The van der Waals surface area contributed by atoms with Crippen molar-refractivity contribution in [1.82, 2.24) is 15.3 Å². The number of amides is 1. The Labute approximate surface area is 162 Å². The molecule has 0 saturated carbocycles. The highest BCUT2D eigenvalue weighted by Crippen LogP contribution is 2.27. The Morgan fingerprint density at radius 2 is 1.82 bits per heavy atom. The topological polar surface area (TPSA) is 76.1 Å². The molecule has 0 spiro atoms. The van der Waals surface area contributed by atoms with Gasteiger partial charge in [-0.05, 0) is 43.7 Å². The maximum atomic E-state index is 12.9. The van der Waals surface area contributed by atoms with Gasteiger partial charge in [-0.15, -0.1) is 0 Å². The molecule has 0 fully saturated rings. The minimum Gasteiger partial charge on any atom is -0.489 e. The standard InChI is InChI=1S/C21H21FN4O2/c1-14(2)28-19-6-4-3-5-17(19)26-20-13-23-18(12-24-20)21(27)25-11-15-7-9-16(22)10-8-15/h3-10,12-14H,11H2,1-2H3,(H,24,26)(H,25,27). The Bertz CT molecular complexity index is 928. The minimum atomic E-state index is -0.355. The van der Waals surface area contributed by atoms with Crippen LogP contribution >= 0.6 is 0 Å². The highest BCUT2D eigenvalue weighted by molar-refractivity contribution is 5.92. The van der Waals surface area contributed by atoms with Crippen molar-refractivity contribution in [3.8, 4) is 5.75 Å². The summed E-state index contributed by atoms with van der Waals surface area (Å²) in [5.74, 6) is 0.534. The molecule has 0 aliphatic carbocycles. The lowest BCUT2D eigenvalue weighted by atomic mass is 10.2. The Hall–Kier alpha value is -3.48. The monoisotopic (exact) mass is 380 g/mol. The van der Waals surface area contributed by atoms with Crippen molar-refractivity contribution in [3.05, 3.63) is 78.0 Å². The molecule has 0 aliphatic rings. The van der Waals surface area contributed by atoms with Crippen molar-refractivity contribution in [1.29, 1.82) is 0 Å². The van der Waals surface area contributed by atoms with Crippen LogP contribution in [-0.2, 0) is 6.54 Å². The number of nitrogens with zero attached hydrogens (tertiary/aromatic N) is 2. The first-order chi connectivity index (χ1) is 13.5. The first-order valence-electron chi connectivity index (χ1n) is 8.88. The van der Waals surface area contributed by atoms with Crippen LogP contribution in [0.3, 0.4) is 0 Å². The van der Waals surface area contributed by atoms with Crippen molar-refractivity contribution in [3.63, 3.8) is 0 Å². The molecule has 1 heterocycles. The fraction of sp³-hybridized carbons (Fsp3) is 0.190. The van der Waals surface area contributed by atoms with E-state index in [1.807, 2.05) is 38.1 Å². The van der Waals surface area contributed by atoms with Gasteiger partial charge in [-0.1, -0.05) is 24.3 Å². The number of carbonyl (C=O) groups excluding carboxylic acids is 1. The van der Waals surface area contributed by atoms with Crippen molar-refractivity contribution in [2.75, 3.05) is 5.32 Å². The molecule has 0 radical (unpaired) electrons. The molecular weight excluding hydrogens is 359 g/mol. The summed E-state index contributed by atoms with van der Waals surface area (Å²) in [7, 11) is 0. The highest BCUT2D eigenvalue weighted by atomic mass is 19.1. The van der Waals surface area contributed by atoms with Crippen LogP contribution in [0.25, 0.3) is 0 Å². The summed E-state index contributed by atoms with van der Waals surface area (Å²) in [5, 5.41) is 5.87. The number of para-hydroxylation sites is 2. The third kappa shape index (κ3) is 5.26. The Balaban J connectivity index is 1.62. The second-order valence-corrected chi connectivity index (χ2v) is 6.38. The van der Waals surface area contributed by atoms with Gasteiger partial charge in [0.05, 0.1) is 24.2 Å². The predicted molar refractivity (Wildman–Crippen MR) is 105 cm³/mol. The van der Waals surface area contributed by atoms with Crippen molar-refractivity contribution in [2.24, 2.45) is 0 Å². The summed E-state index contributed by atoms with van der Waals surface area (Å²) in [6.07, 6.45) is 2.92. The maximum absolute atomic E-state index is 12.9. The zero-order chi connectivity index (χ0) is 19.9. The molecule has 7 heteroatoms. The van der Waals surface area contributed by atoms with Gasteiger partial charge >= 0.3 is 0 Å². The fourth-order valence-electron chi connectivity index (χ4n) is 2.45. The van der Waals surface area contributed by atoms with E-state index in [0.29, 0.717) is 11.6 Å². The van der Waals surface area contributed by atoms with Gasteiger partial charge in [0.1, 0.15) is 23.1 Å². The predicted octanol–water partition coefficient (Wildman–Crippen LogP) is 4.08. The van der Waals surface area contributed by atoms with Gasteiger partial charge in [-0.3, -0.25) is 4.79 Å². The summed E-state index contributed by atoms with van der Waals surface area (Å²) in [4.78, 5) is 20.6. The fourth-order valence-corrected chi connectivity index (χ4v) is 2.45. The van der Waals surface area contributed by atoms with Gasteiger partial charge in [0.2, 0.25) is 0 Å². The molecule has 0 bridgehead atoms. The van der Waals surface area contributed by atoms with E-state index in [-0.39, 0.29) is 30.1 Å². The molecule has 2 aromatic carbocycles. The van der Waals surface area contributed by atoms with Crippen LogP contribution in [0.2, 0.25) is 0 Å². The van der Waals surface area contributed by atoms with Crippen LogP contribution in [0, 0.1) is 5.82 Å². The Morgan fingerprint density at radius 1 is 1.07 bits per heavy atom. The molecule has 2 N–H and O–H groups in total. The molecule has 6 nitrogen and oxygen atoms in total. The zero-order valence-electron chi connectivity index (χ0n) is 15.6. The van der Waals surface area contributed by atoms with Crippen molar-refractivity contribution < 1.29 is 13.9 Å². The van der Waals surface area contributed by atoms with Gasteiger partial charge in [0, 0.05) is 6.54 Å². The van der Waals surface area contributed by atoms with Crippen molar-refractivity contribution >= 4 is 17.4 Å². The van der Waals surface area contributed by atoms with Gasteiger partial charge < -0.3 is 15.4 Å². The Kier molecular flexibility index (Phi) is 6.16. The highest BCUT2D eigenvalue weighted by Gasteiger charge is 2.10. The molecule has 0 aliphatic heterocycles. The largest absolute Gasteiger partial charge is 0.489 e. The normalized spacial score (nSPS) is 10.6. The van der Waals surface area contributed by atoms with Crippen LogP contribution in [0.5, 0.6) is 5.75 Å². The van der Waals surface area contributed by atoms with Crippen LogP contribution in [-0.4, -0.2) is 22.0 Å². The first-order valence-corrected chi connectivity index (χ1v) is 8.88. The lowest BCUT2D eigenvalue weighted by Crippen LogP contribution is -2.24. The number of ether oxygens (including phenoxy) is 1. The number of hydrogen-bond acceptors (Lipinski definition) is 5. The van der Waals surface area contributed by atoms with E-state index >= 15 is 0 Å². The lowest BCUT2D eigenvalue weighted by Gasteiger charge is -2.15. The molecular formula is C21H21FN4O2. The molecule has 1 amide bonds. The van der Waals surface area contributed by atoms with Crippen LogP contribution < -0.4 is 15.4 Å². The zero-order valence-corrected chi connectivity index (χ0v) is 15.6. The van der Waals surface area contributed by atoms with Crippen LogP contribution in [0.4, 0.5) is 15.9 Å². The average molecular weight is 380 g/mol. The quantitative estimate of drug-likeness (QED) is 0.646. The number of carbonyl (C=O) groups is 1. The lowest BCUT2D eigenvalue weighted by molar-refractivity contribution is 0.0945. The van der Waals surface area contributed by atoms with Gasteiger partial charge in [-0.25, -0.2) is 14.4 Å². The molecule has 0 unspecified atom stereocenters. The molecule has 3 aromatic rings. The van der Waals surface area contributed by atoms with E-state index in [9.17, 15) is 9.18 Å². The van der Waals surface area contributed by atoms with E-state index in [1.54, 1.807) is 12.1 Å². The maximum Gasteiger partial charge on any atom is 0.271 e. The van der Waals surface area contributed by atoms with E-state index in [4.69, 9.17) is 4.74 Å². The number of hydrogen-bond donors (Lipinski definition) is 2. The third-order valence-electron chi connectivity index (χ3n) is 3.76. The number of benzene rings is 2. The van der Waals surface area contributed by atoms with Gasteiger partial charge in [0.15, 0.2) is 0 Å². The summed E-state index contributed by atoms with van der Waals surface area (Å²) in [6, 6.07) is 13.5. The van der Waals surface area contributed by atoms with E-state index in [2.05, 4.69) is 20.6 Å². The summed E-state index contributed by atoms with van der Waals surface area (Å²) < 4.78 is 18.7. The van der Waals surface area contributed by atoms with E-state index < -0.39 is 0 Å². The number of anilines is 2. The second-order valence-electron chi connectivity index (χ2n) is 6.38. The molecule has 0 atom stereocenters. The van der Waals surface area contributed by atoms with E-state index in [1.165, 1.54) is 24.5 Å². The van der Waals surface area contributed by atoms with Gasteiger partial charge in [0.25, 0.3) is 5.91 Å². The van der Waals surface area contributed by atoms with E-state index in [0.717, 1.165) is 11.3 Å². The summed E-state index contributed by atoms with van der Waals surface area (Å²) in [6.45, 7) is 4.19. The van der Waals surface area contributed by atoms with Crippen LogP contribution in [0.15, 0.2) is 60.9 Å². The number of nitrogens with one attached hydrogen (secondary N) is 2. The SMILES string of the molecule is CC(C)Oc1ccccc1Nc1cnc(C(=O)NCc2ccc(F)cc2)cn1. The van der Waals surface area contributed by atoms with Gasteiger partial charge in [-0.2, -0.15) is 0 Å². The average Bonchev–Trinajstić information content (AvgIpc) is 2.69. The molecule has 144 valence electrons. The molecule has 28 heavy (non-hydrogen) atoms. The van der Waals surface area contributed by atoms with Crippen LogP contribution in [0.1, 0.15) is 29.9 Å².